The van der Waals surface area contributed by atoms with E-state index in [1.165, 1.54) is 18.9 Å². The van der Waals surface area contributed by atoms with Crippen LogP contribution in [0.25, 0.3) is 22.4 Å². The first-order chi connectivity index (χ1) is 16.4. The Morgan fingerprint density at radius 2 is 1.97 bits per heavy atom. The van der Waals surface area contributed by atoms with Crippen LogP contribution in [-0.2, 0) is 4.74 Å². The van der Waals surface area contributed by atoms with E-state index in [9.17, 15) is 4.39 Å². The molecule has 1 saturated heterocycles. The summed E-state index contributed by atoms with van der Waals surface area (Å²) in [7, 11) is 0. The molecule has 0 radical (unpaired) electrons. The van der Waals surface area contributed by atoms with Gasteiger partial charge in [0.15, 0.2) is 5.65 Å². The Labute approximate surface area is 201 Å². The Kier molecular flexibility index (Phi) is 5.30. The quantitative estimate of drug-likeness (QED) is 0.372. The van der Waals surface area contributed by atoms with Gasteiger partial charge in [-0.3, -0.25) is 4.68 Å². The maximum atomic E-state index is 14.9. The van der Waals surface area contributed by atoms with Gasteiger partial charge in [-0.2, -0.15) is 5.10 Å². The van der Waals surface area contributed by atoms with Crippen molar-refractivity contribution in [2.24, 2.45) is 0 Å². The predicted octanol–water partition coefficient (Wildman–Crippen LogP) is 5.74. The van der Waals surface area contributed by atoms with Gasteiger partial charge in [0.05, 0.1) is 30.1 Å². The van der Waals surface area contributed by atoms with Crippen molar-refractivity contribution in [1.29, 1.82) is 0 Å². The molecule has 2 fully saturated rings. The summed E-state index contributed by atoms with van der Waals surface area (Å²) >= 11 is 5.99. The zero-order chi connectivity index (χ0) is 23.4. The van der Waals surface area contributed by atoms with Gasteiger partial charge >= 0.3 is 0 Å². The largest absolute Gasteiger partial charge is 0.370 e. The zero-order valence-corrected chi connectivity index (χ0v) is 19.7. The molecule has 0 unspecified atom stereocenters. The van der Waals surface area contributed by atoms with Crippen molar-refractivity contribution in [3.05, 3.63) is 64.7 Å². The molecule has 0 spiro atoms. The summed E-state index contributed by atoms with van der Waals surface area (Å²) in [5.41, 5.74) is 3.51. The van der Waals surface area contributed by atoms with Crippen LogP contribution in [-0.4, -0.2) is 35.8 Å². The molecule has 174 valence electrons. The average Bonchev–Trinajstić information content (AvgIpc) is 3.54. The Morgan fingerprint density at radius 3 is 2.76 bits per heavy atom. The molecule has 6 rings (SSSR count). The van der Waals surface area contributed by atoms with Crippen molar-refractivity contribution in [1.82, 2.24) is 29.7 Å². The molecule has 3 atom stereocenters. The van der Waals surface area contributed by atoms with Gasteiger partial charge < -0.3 is 4.74 Å². The molecule has 1 saturated carbocycles. The van der Waals surface area contributed by atoms with Crippen LogP contribution in [0.5, 0.6) is 0 Å². The van der Waals surface area contributed by atoms with Crippen LogP contribution in [0.2, 0.25) is 5.02 Å². The highest BCUT2D eigenvalue weighted by molar-refractivity contribution is 6.30. The average molecular weight is 479 g/mol. The van der Waals surface area contributed by atoms with Crippen molar-refractivity contribution >= 4 is 22.8 Å². The summed E-state index contributed by atoms with van der Waals surface area (Å²) in [6.45, 7) is 3.93. The van der Waals surface area contributed by atoms with Gasteiger partial charge in [-0.05, 0) is 57.7 Å². The summed E-state index contributed by atoms with van der Waals surface area (Å²) in [5.74, 6) is 0.205. The molecule has 34 heavy (non-hydrogen) atoms. The molecule has 1 aliphatic heterocycles. The van der Waals surface area contributed by atoms with Crippen LogP contribution in [0.3, 0.4) is 0 Å². The zero-order valence-electron chi connectivity index (χ0n) is 18.9. The minimum atomic E-state index is -0.452. The second-order valence-electron chi connectivity index (χ2n) is 9.33. The topological polar surface area (TPSA) is 78.6 Å². The van der Waals surface area contributed by atoms with E-state index in [4.69, 9.17) is 26.3 Å². The number of aryl methyl sites for hydroxylation is 1. The molecule has 0 N–H and O–H groups in total. The molecule has 1 aliphatic carbocycles. The predicted molar refractivity (Wildman–Crippen MR) is 126 cm³/mol. The lowest BCUT2D eigenvalue weighted by Crippen LogP contribution is -2.26. The fourth-order valence-electron chi connectivity index (χ4n) is 4.69. The number of halogens is 2. The van der Waals surface area contributed by atoms with E-state index in [0.29, 0.717) is 45.7 Å². The Balaban J connectivity index is 1.41. The van der Waals surface area contributed by atoms with E-state index in [-0.39, 0.29) is 18.1 Å². The Bertz CT molecular complexity index is 1390. The number of nitrogens with zero attached hydrogens (tertiary/aromatic N) is 6. The van der Waals surface area contributed by atoms with Crippen molar-refractivity contribution in [3.63, 3.8) is 0 Å². The Morgan fingerprint density at radius 1 is 1.12 bits per heavy atom. The van der Waals surface area contributed by atoms with Crippen molar-refractivity contribution in [2.75, 3.05) is 0 Å². The molecule has 1 aromatic carbocycles. The van der Waals surface area contributed by atoms with E-state index in [2.05, 4.69) is 28.2 Å². The number of rotatable bonds is 4. The molecule has 0 amide bonds. The maximum Gasteiger partial charge on any atom is 0.182 e. The first-order valence-electron chi connectivity index (χ1n) is 11.6. The molecule has 4 heterocycles. The smallest absolute Gasteiger partial charge is 0.182 e. The number of hydrogen-bond acceptors (Lipinski definition) is 6. The number of fused-ring (bicyclic) bond motifs is 1. The SMILES string of the molecule is Cc1cnc2c(-c3ccc(Cl)cc3F)nc([C@H]3C[C@H](C)O[C@@H](c4cnn(C5CC5)c4)C3)nc2n1. The van der Waals surface area contributed by atoms with Gasteiger partial charge in [0.2, 0.25) is 0 Å². The van der Waals surface area contributed by atoms with E-state index in [0.717, 1.165) is 17.7 Å². The van der Waals surface area contributed by atoms with Crippen LogP contribution in [0, 0.1) is 12.7 Å². The number of hydrogen-bond donors (Lipinski definition) is 0. The number of benzene rings is 1. The second kappa shape index (κ2) is 8.36. The van der Waals surface area contributed by atoms with E-state index >= 15 is 0 Å². The molecule has 3 aromatic heterocycles. The summed E-state index contributed by atoms with van der Waals surface area (Å²) in [6, 6.07) is 5.09. The normalized spacial score (nSPS) is 22.9. The van der Waals surface area contributed by atoms with Crippen molar-refractivity contribution in [3.8, 4) is 11.3 Å². The molecular weight excluding hydrogens is 455 g/mol. The van der Waals surface area contributed by atoms with Gasteiger partial charge in [-0.25, -0.2) is 24.3 Å². The lowest BCUT2D eigenvalue weighted by Gasteiger charge is -2.33. The summed E-state index contributed by atoms with van der Waals surface area (Å²) in [4.78, 5) is 18.7. The summed E-state index contributed by atoms with van der Waals surface area (Å²) in [6.07, 6.45) is 9.42. The van der Waals surface area contributed by atoms with Gasteiger partial charge in [0.25, 0.3) is 0 Å². The first kappa shape index (κ1) is 21.6. The summed E-state index contributed by atoms with van der Waals surface area (Å²) in [5, 5.41) is 4.86. The molecule has 9 heteroatoms. The van der Waals surface area contributed by atoms with Gasteiger partial charge in [0.1, 0.15) is 22.9 Å². The van der Waals surface area contributed by atoms with Crippen LogP contribution in [0.4, 0.5) is 4.39 Å². The first-order valence-corrected chi connectivity index (χ1v) is 12.0. The van der Waals surface area contributed by atoms with Crippen LogP contribution < -0.4 is 0 Å². The minimum absolute atomic E-state index is 0.0200. The van der Waals surface area contributed by atoms with Crippen molar-refractivity contribution < 1.29 is 9.13 Å². The highest BCUT2D eigenvalue weighted by Gasteiger charge is 2.33. The third kappa shape index (κ3) is 4.05. The van der Waals surface area contributed by atoms with Crippen LogP contribution in [0.1, 0.15) is 67.8 Å². The lowest BCUT2D eigenvalue weighted by atomic mass is 9.89. The highest BCUT2D eigenvalue weighted by atomic mass is 35.5. The third-order valence-electron chi connectivity index (χ3n) is 6.52. The fraction of sp³-hybridized carbons (Fsp3) is 0.400. The maximum absolute atomic E-state index is 14.9. The van der Waals surface area contributed by atoms with E-state index in [1.807, 2.05) is 17.8 Å². The molecule has 2 aliphatic rings. The van der Waals surface area contributed by atoms with Gasteiger partial charge in [-0.1, -0.05) is 11.6 Å². The fourth-order valence-corrected chi connectivity index (χ4v) is 4.85. The number of aromatic nitrogens is 6. The van der Waals surface area contributed by atoms with E-state index in [1.54, 1.807) is 18.3 Å². The minimum Gasteiger partial charge on any atom is -0.370 e. The molecule has 4 aromatic rings. The second-order valence-corrected chi connectivity index (χ2v) is 9.76. The number of ether oxygens (including phenoxy) is 1. The van der Waals surface area contributed by atoms with E-state index < -0.39 is 5.82 Å². The van der Waals surface area contributed by atoms with Gasteiger partial charge in [0, 0.05) is 34.5 Å². The lowest BCUT2D eigenvalue weighted by molar-refractivity contribution is -0.0511. The third-order valence-corrected chi connectivity index (χ3v) is 6.76. The monoisotopic (exact) mass is 478 g/mol. The summed E-state index contributed by atoms with van der Waals surface area (Å²) < 4.78 is 23.2. The molecular formula is C25H24ClFN6O. The Hall–Kier alpha value is -2.97. The van der Waals surface area contributed by atoms with Crippen LogP contribution in [0.15, 0.2) is 36.8 Å². The van der Waals surface area contributed by atoms with Crippen LogP contribution >= 0.6 is 11.6 Å². The highest BCUT2D eigenvalue weighted by Crippen LogP contribution is 2.41. The van der Waals surface area contributed by atoms with Crippen molar-refractivity contribution in [2.45, 2.75) is 63.7 Å². The molecule has 0 bridgehead atoms. The van der Waals surface area contributed by atoms with Gasteiger partial charge in [-0.15, -0.1) is 0 Å². The standard InChI is InChI=1S/C25H24ClFN6O/c1-13-10-28-23-22(19-6-3-17(26)9-20(19)27)31-24(32-25(23)30-13)15-7-14(2)34-21(8-15)16-11-29-33(12-16)18-4-5-18/h3,6,9-12,14-15,18,21H,4-5,7-8H2,1-2H3/t14-,15-,21+/m0/s1. The molecule has 7 nitrogen and oxygen atoms in total.